The number of ether oxygens (including phenoxy) is 1. The lowest BCUT2D eigenvalue weighted by molar-refractivity contribution is -0.143. The van der Waals surface area contributed by atoms with Gasteiger partial charge < -0.3 is 30.9 Å². The smallest absolute Gasteiger partial charge is 0.247 e. The van der Waals surface area contributed by atoms with E-state index >= 15 is 0 Å². The number of rotatable bonds is 9. The second kappa shape index (κ2) is 14.4. The van der Waals surface area contributed by atoms with Gasteiger partial charge in [-0.05, 0) is 56.5 Å². The molecule has 1 aromatic heterocycles. The summed E-state index contributed by atoms with van der Waals surface area (Å²) in [5.74, 6) is -0.771. The molecule has 238 valence electrons. The van der Waals surface area contributed by atoms with Crippen molar-refractivity contribution in [1.29, 1.82) is 0 Å². The number of hydrogen-bond donors (Lipinski definition) is 4. The van der Waals surface area contributed by atoms with Crippen LogP contribution < -0.4 is 26.0 Å². The molecule has 1 saturated heterocycles. The fourth-order valence-electron chi connectivity index (χ4n) is 4.89. The van der Waals surface area contributed by atoms with E-state index in [-0.39, 0.29) is 35.2 Å². The summed E-state index contributed by atoms with van der Waals surface area (Å²) in [5, 5.41) is 12.3. The van der Waals surface area contributed by atoms with E-state index in [9.17, 15) is 18.8 Å². The molecule has 2 aromatic carbocycles. The Hall–Kier alpha value is -3.74. The maximum atomic E-state index is 13.8. The molecule has 14 heteroatoms. The third kappa shape index (κ3) is 7.66. The largest absolute Gasteiger partial charge is 0.494 e. The first-order valence-corrected chi connectivity index (χ1v) is 14.4. The zero-order valence-electron chi connectivity index (χ0n) is 25.5. The number of nitrogens with one attached hydrogen (secondary N) is 4. The van der Waals surface area contributed by atoms with Crippen molar-refractivity contribution in [3.8, 4) is 5.75 Å². The molecule has 2 heterocycles. The molecular formula is C30H38Cl2FN7O4. The molecular weight excluding hydrogens is 612 g/mol. The highest BCUT2D eigenvalue weighted by Gasteiger charge is 2.42. The van der Waals surface area contributed by atoms with E-state index in [0.29, 0.717) is 53.2 Å². The number of halogens is 3. The Morgan fingerprint density at radius 3 is 2.52 bits per heavy atom. The fourth-order valence-corrected chi connectivity index (χ4v) is 5.07. The summed E-state index contributed by atoms with van der Waals surface area (Å²) in [7, 11) is 3.15. The summed E-state index contributed by atoms with van der Waals surface area (Å²) in [6, 6.07) is 5.49. The molecule has 1 unspecified atom stereocenters. The first-order chi connectivity index (χ1) is 20.3. The van der Waals surface area contributed by atoms with Gasteiger partial charge in [-0.15, -0.1) is 12.4 Å². The summed E-state index contributed by atoms with van der Waals surface area (Å²) in [4.78, 5) is 50.3. The number of benzene rings is 2. The van der Waals surface area contributed by atoms with Crippen LogP contribution in [0.4, 0.5) is 21.6 Å². The Bertz CT molecular complexity index is 1540. The van der Waals surface area contributed by atoms with Gasteiger partial charge in [0, 0.05) is 23.7 Å². The minimum atomic E-state index is -0.829. The maximum absolute atomic E-state index is 13.8. The molecule has 1 aliphatic heterocycles. The minimum Gasteiger partial charge on any atom is -0.494 e. The van der Waals surface area contributed by atoms with Crippen molar-refractivity contribution in [2.45, 2.75) is 58.7 Å². The van der Waals surface area contributed by atoms with Gasteiger partial charge in [-0.25, -0.2) is 14.4 Å². The van der Waals surface area contributed by atoms with E-state index in [1.54, 1.807) is 26.1 Å². The molecule has 44 heavy (non-hydrogen) atoms. The highest BCUT2D eigenvalue weighted by atomic mass is 35.5. The molecule has 4 N–H and O–H groups in total. The van der Waals surface area contributed by atoms with Gasteiger partial charge in [-0.2, -0.15) is 0 Å². The van der Waals surface area contributed by atoms with E-state index in [1.807, 2.05) is 20.8 Å². The Morgan fingerprint density at radius 2 is 1.89 bits per heavy atom. The molecule has 1 fully saturated rings. The van der Waals surface area contributed by atoms with Crippen LogP contribution >= 0.6 is 24.0 Å². The van der Waals surface area contributed by atoms with Crippen molar-refractivity contribution in [2.75, 3.05) is 31.3 Å². The van der Waals surface area contributed by atoms with Crippen LogP contribution in [0, 0.1) is 11.2 Å². The van der Waals surface area contributed by atoms with Crippen LogP contribution in [-0.4, -0.2) is 71.4 Å². The van der Waals surface area contributed by atoms with Crippen LogP contribution in [0.25, 0.3) is 10.9 Å². The molecule has 11 nitrogen and oxygen atoms in total. The number of fused-ring (bicyclic) bond motifs is 1. The van der Waals surface area contributed by atoms with Crippen LogP contribution in [0.2, 0.25) is 5.02 Å². The topological polar surface area (TPSA) is 138 Å². The summed E-state index contributed by atoms with van der Waals surface area (Å²) < 4.78 is 19.2. The van der Waals surface area contributed by atoms with Crippen LogP contribution in [0.5, 0.6) is 5.75 Å². The Kier molecular flexibility index (Phi) is 11.3. The minimum absolute atomic E-state index is 0. The van der Waals surface area contributed by atoms with E-state index < -0.39 is 29.4 Å². The molecule has 3 amide bonds. The molecule has 4 rings (SSSR count). The highest BCUT2D eigenvalue weighted by Crippen LogP contribution is 2.34. The quantitative estimate of drug-likeness (QED) is 0.263. The highest BCUT2D eigenvalue weighted by molar-refractivity contribution is 6.31. The van der Waals surface area contributed by atoms with Crippen LogP contribution in [0.15, 0.2) is 36.7 Å². The molecule has 0 saturated carbocycles. The van der Waals surface area contributed by atoms with Gasteiger partial charge >= 0.3 is 0 Å². The van der Waals surface area contributed by atoms with Gasteiger partial charge in [0.15, 0.2) is 0 Å². The second-order valence-electron chi connectivity index (χ2n) is 11.5. The summed E-state index contributed by atoms with van der Waals surface area (Å²) in [5.41, 5.74) is 0.817. The number of aromatic nitrogens is 2. The number of likely N-dealkylation sites (N-methyl/N-ethyl adjacent to an activating group) is 1. The number of hydrogen-bond acceptors (Lipinski definition) is 8. The van der Waals surface area contributed by atoms with Crippen molar-refractivity contribution < 1.29 is 23.5 Å². The number of likely N-dealkylation sites (tertiary alicyclic amines) is 1. The average molecular weight is 651 g/mol. The van der Waals surface area contributed by atoms with Gasteiger partial charge in [-0.1, -0.05) is 32.4 Å². The van der Waals surface area contributed by atoms with E-state index in [0.717, 1.165) is 0 Å². The summed E-state index contributed by atoms with van der Waals surface area (Å²) >= 11 is 5.94. The molecule has 0 bridgehead atoms. The fraction of sp³-hybridized carbons (Fsp3) is 0.433. The Labute approximate surface area is 267 Å². The third-order valence-electron chi connectivity index (χ3n) is 7.46. The molecule has 1 aliphatic rings. The lowest BCUT2D eigenvalue weighted by Gasteiger charge is -2.36. The van der Waals surface area contributed by atoms with Gasteiger partial charge in [0.05, 0.1) is 29.4 Å². The SMILES string of the molecule is CN[C@@H](C)C(=O)N[C@H](C(=O)N1CCCC1C(=O)Nc1cc2c(Nc3ccc(F)c(Cl)c3)ncnc2cc1OC)C(C)(C)C.Cl. The number of amides is 3. The van der Waals surface area contributed by atoms with Crippen molar-refractivity contribution in [1.82, 2.24) is 25.5 Å². The van der Waals surface area contributed by atoms with Crippen molar-refractivity contribution >= 4 is 69.8 Å². The van der Waals surface area contributed by atoms with Crippen molar-refractivity contribution in [3.05, 3.63) is 47.5 Å². The lowest BCUT2D eigenvalue weighted by atomic mass is 9.85. The molecule has 0 radical (unpaired) electrons. The predicted octanol–water partition coefficient (Wildman–Crippen LogP) is 4.66. The zero-order chi connectivity index (χ0) is 31.5. The number of nitrogens with zero attached hydrogens (tertiary/aromatic N) is 3. The zero-order valence-corrected chi connectivity index (χ0v) is 27.0. The standard InChI is InChI=1S/C30H37ClFN7O4.ClH/c1-16(33-5)27(40)38-25(30(2,3)4)29(42)39-11-7-8-23(39)28(41)37-22-13-18-21(14-24(22)43-6)34-15-35-26(18)36-17-9-10-20(32)19(31)12-17;/h9-10,12-16,23,25,33H,7-8,11H2,1-6H3,(H,37,41)(H,38,40)(H,34,35,36);1H/t16-,23?,25+;/m0./s1. The number of methoxy groups -OCH3 is 1. The van der Waals surface area contributed by atoms with Crippen molar-refractivity contribution in [2.24, 2.45) is 5.41 Å². The van der Waals surface area contributed by atoms with E-state index in [2.05, 4.69) is 31.2 Å². The van der Waals surface area contributed by atoms with Gasteiger partial charge in [-0.3, -0.25) is 14.4 Å². The first-order valence-electron chi connectivity index (χ1n) is 14.0. The summed E-state index contributed by atoms with van der Waals surface area (Å²) in [6.07, 6.45) is 2.47. The number of carbonyl (C=O) groups is 3. The maximum Gasteiger partial charge on any atom is 0.247 e. The monoisotopic (exact) mass is 649 g/mol. The third-order valence-corrected chi connectivity index (χ3v) is 7.75. The van der Waals surface area contributed by atoms with E-state index in [4.69, 9.17) is 16.3 Å². The number of carbonyl (C=O) groups excluding carboxylic acids is 3. The van der Waals surface area contributed by atoms with Crippen molar-refractivity contribution in [3.63, 3.8) is 0 Å². The first kappa shape index (κ1) is 34.7. The normalized spacial score (nSPS) is 16.1. The Morgan fingerprint density at radius 1 is 1.16 bits per heavy atom. The van der Waals surface area contributed by atoms with E-state index in [1.165, 1.54) is 36.5 Å². The second-order valence-corrected chi connectivity index (χ2v) is 11.9. The lowest BCUT2D eigenvalue weighted by Crippen LogP contribution is -2.59. The summed E-state index contributed by atoms with van der Waals surface area (Å²) in [6.45, 7) is 7.72. The molecule has 0 aliphatic carbocycles. The molecule has 0 spiro atoms. The molecule has 3 aromatic rings. The Balaban J connectivity index is 0.00000529. The van der Waals surface area contributed by atoms with Gasteiger partial charge in [0.25, 0.3) is 0 Å². The molecule has 3 atom stereocenters. The van der Waals surface area contributed by atoms with Crippen LogP contribution in [0.1, 0.15) is 40.5 Å². The van der Waals surface area contributed by atoms with Crippen LogP contribution in [-0.2, 0) is 14.4 Å². The predicted molar refractivity (Wildman–Crippen MR) is 171 cm³/mol. The van der Waals surface area contributed by atoms with Gasteiger partial charge in [0.2, 0.25) is 17.7 Å². The van der Waals surface area contributed by atoms with Gasteiger partial charge in [0.1, 0.15) is 35.8 Å². The van der Waals surface area contributed by atoms with Crippen LogP contribution in [0.3, 0.4) is 0 Å². The average Bonchev–Trinajstić information content (AvgIpc) is 3.46. The number of anilines is 3.